The maximum Gasteiger partial charge on any atom is 0.255 e. The van der Waals surface area contributed by atoms with Crippen LogP contribution in [-0.2, 0) is 0 Å². The van der Waals surface area contributed by atoms with Crippen molar-refractivity contribution in [3.05, 3.63) is 77.6 Å². The fourth-order valence-electron chi connectivity index (χ4n) is 5.28. The molecule has 42 heavy (non-hydrogen) atoms. The van der Waals surface area contributed by atoms with Crippen LogP contribution in [0.3, 0.4) is 0 Å². The van der Waals surface area contributed by atoms with E-state index in [9.17, 15) is 14.4 Å². The first-order valence-corrected chi connectivity index (χ1v) is 14.1. The van der Waals surface area contributed by atoms with Crippen LogP contribution in [0.15, 0.2) is 60.9 Å². The molecule has 3 amide bonds. The molecule has 2 aliphatic heterocycles. The number of ether oxygens (including phenoxy) is 2. The van der Waals surface area contributed by atoms with Gasteiger partial charge in [0.1, 0.15) is 0 Å². The van der Waals surface area contributed by atoms with Crippen LogP contribution in [0, 0.1) is 0 Å². The summed E-state index contributed by atoms with van der Waals surface area (Å²) >= 11 is 0. The Labute approximate surface area is 245 Å². The Balaban J connectivity index is 1.35. The predicted molar refractivity (Wildman–Crippen MR) is 160 cm³/mol. The number of anilines is 2. The average Bonchev–Trinajstić information content (AvgIpc) is 3.34. The van der Waals surface area contributed by atoms with E-state index in [1.54, 1.807) is 67.9 Å². The minimum atomic E-state index is -0.288. The summed E-state index contributed by atoms with van der Waals surface area (Å²) in [5.74, 6) is 0.631. The molecule has 0 atom stereocenters. The smallest absolute Gasteiger partial charge is 0.255 e. The molecule has 3 aromatic rings. The van der Waals surface area contributed by atoms with Gasteiger partial charge in [0.05, 0.1) is 25.6 Å². The van der Waals surface area contributed by atoms with Gasteiger partial charge in [-0.2, -0.15) is 0 Å². The molecular weight excluding hydrogens is 536 g/mol. The van der Waals surface area contributed by atoms with Crippen LogP contribution in [0.4, 0.5) is 11.4 Å². The van der Waals surface area contributed by atoms with Crippen LogP contribution < -0.4 is 25.0 Å². The van der Waals surface area contributed by atoms with E-state index >= 15 is 0 Å². The highest BCUT2D eigenvalue weighted by Crippen LogP contribution is 2.31. The quantitative estimate of drug-likeness (QED) is 0.444. The van der Waals surface area contributed by atoms with Crippen molar-refractivity contribution in [2.45, 2.75) is 6.42 Å². The number of carbonyl (C=O) groups is 3. The maximum absolute atomic E-state index is 13.4. The maximum atomic E-state index is 13.4. The molecular formula is C31H36N6O5. The van der Waals surface area contributed by atoms with Gasteiger partial charge in [0.2, 0.25) is 0 Å². The lowest BCUT2D eigenvalue weighted by Crippen LogP contribution is -2.49. The van der Waals surface area contributed by atoms with Gasteiger partial charge in [0.15, 0.2) is 11.5 Å². The van der Waals surface area contributed by atoms with Gasteiger partial charge in [-0.3, -0.25) is 19.4 Å². The Morgan fingerprint density at radius 1 is 0.738 bits per heavy atom. The highest BCUT2D eigenvalue weighted by Gasteiger charge is 2.26. The number of benzene rings is 2. The highest BCUT2D eigenvalue weighted by molar-refractivity contribution is 6.07. The average molecular weight is 573 g/mol. The zero-order valence-corrected chi connectivity index (χ0v) is 24.0. The van der Waals surface area contributed by atoms with Crippen LogP contribution in [0.1, 0.15) is 37.5 Å². The molecule has 2 aliphatic rings. The molecule has 2 saturated heterocycles. The molecule has 0 unspecified atom stereocenters. The number of nitrogens with one attached hydrogen (secondary N) is 2. The van der Waals surface area contributed by atoms with Crippen LogP contribution in [0.5, 0.6) is 11.5 Å². The fourth-order valence-corrected chi connectivity index (χ4v) is 5.28. The number of hydrogen-bond donors (Lipinski definition) is 2. The van der Waals surface area contributed by atoms with Crippen molar-refractivity contribution in [3.63, 3.8) is 0 Å². The molecule has 0 saturated carbocycles. The molecule has 2 aromatic carbocycles. The summed E-state index contributed by atoms with van der Waals surface area (Å²) in [4.78, 5) is 49.6. The van der Waals surface area contributed by atoms with Crippen molar-refractivity contribution in [1.29, 1.82) is 0 Å². The first-order valence-electron chi connectivity index (χ1n) is 14.1. The van der Waals surface area contributed by atoms with E-state index < -0.39 is 0 Å². The van der Waals surface area contributed by atoms with E-state index in [1.807, 2.05) is 17.0 Å². The summed E-state index contributed by atoms with van der Waals surface area (Å²) in [6.45, 7) is 5.05. The molecule has 11 nitrogen and oxygen atoms in total. The lowest BCUT2D eigenvalue weighted by molar-refractivity contribution is 0.0743. The Kier molecular flexibility index (Phi) is 9.18. The van der Waals surface area contributed by atoms with E-state index in [2.05, 4.69) is 20.5 Å². The number of nitrogens with zero attached hydrogens (tertiary/aromatic N) is 4. The molecule has 0 aliphatic carbocycles. The summed E-state index contributed by atoms with van der Waals surface area (Å²) in [6, 6.07) is 13.9. The second-order valence-corrected chi connectivity index (χ2v) is 10.2. The largest absolute Gasteiger partial charge is 0.493 e. The summed E-state index contributed by atoms with van der Waals surface area (Å²) in [7, 11) is 3.10. The number of amides is 3. The minimum Gasteiger partial charge on any atom is -0.493 e. The number of piperazine rings is 1. The van der Waals surface area contributed by atoms with Gasteiger partial charge in [-0.15, -0.1) is 0 Å². The molecule has 5 rings (SSSR count). The lowest BCUT2D eigenvalue weighted by atomic mass is 10.1. The Bertz CT molecular complexity index is 1420. The standard InChI is InChI=1S/C31H36N6O5/c1-41-27-7-5-24(21-28(27)42-2)31(40)37-18-16-35(17-19-37)26-6-4-23(30(39)36-14-3-10-32-13-15-36)20-25(26)34-29(38)22-8-11-33-12-9-22/h4-9,11-12,20-21,32H,3,10,13-19H2,1-2H3,(H,34,38). The van der Waals surface area contributed by atoms with Crippen molar-refractivity contribution in [3.8, 4) is 11.5 Å². The number of aromatic nitrogens is 1. The van der Waals surface area contributed by atoms with Crippen molar-refractivity contribution in [1.82, 2.24) is 20.1 Å². The van der Waals surface area contributed by atoms with Crippen LogP contribution in [0.25, 0.3) is 0 Å². The van der Waals surface area contributed by atoms with Gasteiger partial charge < -0.3 is 34.8 Å². The van der Waals surface area contributed by atoms with E-state index in [4.69, 9.17) is 9.47 Å². The SMILES string of the molecule is COc1ccc(C(=O)N2CCN(c3ccc(C(=O)N4CCCNCC4)cc3NC(=O)c3ccncc3)CC2)cc1OC. The van der Waals surface area contributed by atoms with E-state index in [-0.39, 0.29) is 17.7 Å². The number of hydrogen-bond acceptors (Lipinski definition) is 8. The summed E-state index contributed by atoms with van der Waals surface area (Å²) < 4.78 is 10.7. The molecule has 0 spiro atoms. The second kappa shape index (κ2) is 13.3. The summed E-state index contributed by atoms with van der Waals surface area (Å²) in [5.41, 5.74) is 2.86. The molecule has 3 heterocycles. The first-order chi connectivity index (χ1) is 20.5. The van der Waals surface area contributed by atoms with E-state index in [0.717, 1.165) is 25.2 Å². The lowest BCUT2D eigenvalue weighted by Gasteiger charge is -2.37. The highest BCUT2D eigenvalue weighted by atomic mass is 16.5. The van der Waals surface area contributed by atoms with Gasteiger partial charge in [-0.1, -0.05) is 0 Å². The summed E-state index contributed by atoms with van der Waals surface area (Å²) in [5, 5.41) is 6.34. The zero-order chi connectivity index (χ0) is 29.5. The third-order valence-corrected chi connectivity index (χ3v) is 7.60. The van der Waals surface area contributed by atoms with Crippen LogP contribution in [0.2, 0.25) is 0 Å². The van der Waals surface area contributed by atoms with Crippen molar-refractivity contribution in [2.75, 3.05) is 76.8 Å². The minimum absolute atomic E-state index is 0.0602. The van der Waals surface area contributed by atoms with Gasteiger partial charge in [0.25, 0.3) is 17.7 Å². The molecule has 2 N–H and O–H groups in total. The van der Waals surface area contributed by atoms with Crippen LogP contribution >= 0.6 is 0 Å². The van der Waals surface area contributed by atoms with Gasteiger partial charge in [-0.25, -0.2) is 0 Å². The second-order valence-electron chi connectivity index (χ2n) is 10.2. The van der Waals surface area contributed by atoms with E-state index in [0.29, 0.717) is 73.1 Å². The molecule has 11 heteroatoms. The number of methoxy groups -OCH3 is 2. The fraction of sp³-hybridized carbons (Fsp3) is 0.355. The van der Waals surface area contributed by atoms with Crippen molar-refractivity contribution in [2.24, 2.45) is 0 Å². The van der Waals surface area contributed by atoms with Crippen molar-refractivity contribution < 1.29 is 23.9 Å². The summed E-state index contributed by atoms with van der Waals surface area (Å²) in [6.07, 6.45) is 4.03. The molecule has 0 radical (unpaired) electrons. The Hall–Kier alpha value is -4.64. The Morgan fingerprint density at radius 2 is 1.40 bits per heavy atom. The number of rotatable bonds is 7. The van der Waals surface area contributed by atoms with E-state index in [1.165, 1.54) is 0 Å². The molecule has 1 aromatic heterocycles. The van der Waals surface area contributed by atoms with Gasteiger partial charge in [-0.05, 0) is 61.5 Å². The zero-order valence-electron chi connectivity index (χ0n) is 24.0. The Morgan fingerprint density at radius 3 is 2.12 bits per heavy atom. The monoisotopic (exact) mass is 572 g/mol. The normalized spacial score (nSPS) is 15.5. The molecule has 2 fully saturated rings. The van der Waals surface area contributed by atoms with Gasteiger partial charge in [0, 0.05) is 74.9 Å². The van der Waals surface area contributed by atoms with Crippen molar-refractivity contribution >= 4 is 29.1 Å². The first kappa shape index (κ1) is 28.9. The molecule has 220 valence electrons. The van der Waals surface area contributed by atoms with Crippen LogP contribution in [-0.4, -0.2) is 99.1 Å². The predicted octanol–water partition coefficient (Wildman–Crippen LogP) is 2.75. The molecule has 0 bridgehead atoms. The number of pyridine rings is 1. The topological polar surface area (TPSA) is 116 Å². The number of carbonyl (C=O) groups excluding carboxylic acids is 3. The third kappa shape index (κ3) is 6.46. The third-order valence-electron chi connectivity index (χ3n) is 7.60. The van der Waals surface area contributed by atoms with Gasteiger partial charge >= 0.3 is 0 Å².